The molecule has 0 aliphatic heterocycles. The summed E-state index contributed by atoms with van der Waals surface area (Å²) in [5.41, 5.74) is 7.45. The Labute approximate surface area is 107 Å². The molecular weight excluding hydrogens is 232 g/mol. The van der Waals surface area contributed by atoms with Crippen molar-refractivity contribution in [2.24, 2.45) is 0 Å². The van der Waals surface area contributed by atoms with Crippen LogP contribution >= 0.6 is 0 Å². The summed E-state index contributed by atoms with van der Waals surface area (Å²) in [7, 11) is 0. The zero-order chi connectivity index (χ0) is 13.9. The molecule has 100 valence electrons. The van der Waals surface area contributed by atoms with Crippen LogP contribution in [0, 0.1) is 13.8 Å². The number of amides is 1. The highest BCUT2D eigenvalue weighted by atomic mass is 16.3. The number of hydrogen-bond acceptors (Lipinski definition) is 4. The molecule has 5 N–H and O–H groups in total. The zero-order valence-electron chi connectivity index (χ0n) is 10.9. The van der Waals surface area contributed by atoms with E-state index in [1.165, 1.54) is 0 Å². The molecule has 0 saturated heterocycles. The maximum Gasteiger partial charge on any atom is 0.252 e. The van der Waals surface area contributed by atoms with Crippen molar-refractivity contribution < 1.29 is 15.0 Å². The molecule has 0 unspecified atom stereocenters. The van der Waals surface area contributed by atoms with E-state index in [2.05, 4.69) is 5.32 Å². The SMILES string of the molecule is Cc1cc(C)c(C(=O)NC(C)(CO)CO)cc1N. The third-order valence-electron chi connectivity index (χ3n) is 2.97. The molecule has 0 atom stereocenters. The highest BCUT2D eigenvalue weighted by Crippen LogP contribution is 2.18. The van der Waals surface area contributed by atoms with Crippen LogP contribution < -0.4 is 11.1 Å². The van der Waals surface area contributed by atoms with Crippen molar-refractivity contribution in [1.29, 1.82) is 0 Å². The number of hydrogen-bond donors (Lipinski definition) is 4. The summed E-state index contributed by atoms with van der Waals surface area (Å²) >= 11 is 0. The first kappa shape index (κ1) is 14.5. The minimum absolute atomic E-state index is 0.338. The molecule has 0 radical (unpaired) electrons. The first-order chi connectivity index (χ1) is 8.33. The minimum Gasteiger partial charge on any atom is -0.398 e. The van der Waals surface area contributed by atoms with E-state index in [1.807, 2.05) is 19.9 Å². The van der Waals surface area contributed by atoms with E-state index < -0.39 is 5.54 Å². The molecule has 0 spiro atoms. The summed E-state index contributed by atoms with van der Waals surface area (Å²) in [6, 6.07) is 3.44. The number of aliphatic hydroxyl groups is 2. The van der Waals surface area contributed by atoms with Gasteiger partial charge in [-0.1, -0.05) is 6.07 Å². The van der Waals surface area contributed by atoms with E-state index in [0.29, 0.717) is 11.3 Å². The van der Waals surface area contributed by atoms with Crippen molar-refractivity contribution in [2.75, 3.05) is 18.9 Å². The lowest BCUT2D eigenvalue weighted by atomic mass is 10.0. The van der Waals surface area contributed by atoms with Crippen molar-refractivity contribution >= 4 is 11.6 Å². The molecule has 18 heavy (non-hydrogen) atoms. The van der Waals surface area contributed by atoms with Crippen LogP contribution in [0.5, 0.6) is 0 Å². The van der Waals surface area contributed by atoms with E-state index in [9.17, 15) is 4.79 Å². The monoisotopic (exact) mass is 252 g/mol. The maximum absolute atomic E-state index is 12.1. The molecule has 0 aromatic heterocycles. The van der Waals surface area contributed by atoms with Gasteiger partial charge in [-0.15, -0.1) is 0 Å². The Kier molecular flexibility index (Phi) is 4.32. The van der Waals surface area contributed by atoms with Crippen LogP contribution in [0.15, 0.2) is 12.1 Å². The molecule has 1 rings (SSSR count). The lowest BCUT2D eigenvalue weighted by molar-refractivity contribution is 0.0723. The third-order valence-corrected chi connectivity index (χ3v) is 2.97. The van der Waals surface area contributed by atoms with Crippen LogP contribution in [0.2, 0.25) is 0 Å². The highest BCUT2D eigenvalue weighted by molar-refractivity contribution is 5.97. The summed E-state index contributed by atoms with van der Waals surface area (Å²) in [4.78, 5) is 12.1. The van der Waals surface area contributed by atoms with Gasteiger partial charge in [0, 0.05) is 11.3 Å². The lowest BCUT2D eigenvalue weighted by Gasteiger charge is -2.26. The van der Waals surface area contributed by atoms with E-state index in [-0.39, 0.29) is 19.1 Å². The number of rotatable bonds is 4. The van der Waals surface area contributed by atoms with Crippen molar-refractivity contribution in [2.45, 2.75) is 26.3 Å². The molecule has 1 aromatic rings. The van der Waals surface area contributed by atoms with E-state index in [1.54, 1.807) is 13.0 Å². The molecule has 0 bridgehead atoms. The smallest absolute Gasteiger partial charge is 0.252 e. The fourth-order valence-corrected chi connectivity index (χ4v) is 1.58. The number of benzene rings is 1. The summed E-state index contributed by atoms with van der Waals surface area (Å²) in [5.74, 6) is -0.357. The number of nitrogens with one attached hydrogen (secondary N) is 1. The molecular formula is C13H20N2O3. The summed E-state index contributed by atoms with van der Waals surface area (Å²) in [6.07, 6.45) is 0. The van der Waals surface area contributed by atoms with Crippen molar-refractivity contribution in [3.63, 3.8) is 0 Å². The summed E-state index contributed by atoms with van der Waals surface area (Å²) in [5, 5.41) is 20.9. The lowest BCUT2D eigenvalue weighted by Crippen LogP contribution is -2.51. The fraction of sp³-hybridized carbons (Fsp3) is 0.462. The average molecular weight is 252 g/mol. The van der Waals surface area contributed by atoms with Gasteiger partial charge in [-0.05, 0) is 38.0 Å². The maximum atomic E-state index is 12.1. The summed E-state index contributed by atoms with van der Waals surface area (Å²) < 4.78 is 0. The van der Waals surface area contributed by atoms with Crippen LogP contribution in [-0.2, 0) is 0 Å². The molecule has 1 amide bonds. The second kappa shape index (κ2) is 5.37. The van der Waals surface area contributed by atoms with Gasteiger partial charge < -0.3 is 21.3 Å². The van der Waals surface area contributed by atoms with Gasteiger partial charge in [-0.3, -0.25) is 4.79 Å². The Hall–Kier alpha value is -1.59. The average Bonchev–Trinajstić information content (AvgIpc) is 2.33. The normalized spacial score (nSPS) is 11.4. The molecule has 5 heteroatoms. The Morgan fingerprint density at radius 1 is 1.28 bits per heavy atom. The van der Waals surface area contributed by atoms with Crippen LogP contribution in [-0.4, -0.2) is 34.9 Å². The second-order valence-corrected chi connectivity index (χ2v) is 4.85. The first-order valence-electron chi connectivity index (χ1n) is 5.74. The third kappa shape index (κ3) is 3.00. The minimum atomic E-state index is -1.04. The van der Waals surface area contributed by atoms with Gasteiger partial charge >= 0.3 is 0 Å². The van der Waals surface area contributed by atoms with E-state index in [4.69, 9.17) is 15.9 Å². The molecule has 1 aromatic carbocycles. The fourth-order valence-electron chi connectivity index (χ4n) is 1.58. The number of anilines is 1. The van der Waals surface area contributed by atoms with Gasteiger partial charge in [0.25, 0.3) is 5.91 Å². The van der Waals surface area contributed by atoms with Gasteiger partial charge in [0.15, 0.2) is 0 Å². The van der Waals surface area contributed by atoms with Crippen molar-refractivity contribution in [3.8, 4) is 0 Å². The van der Waals surface area contributed by atoms with Gasteiger partial charge in [0.2, 0.25) is 0 Å². The zero-order valence-corrected chi connectivity index (χ0v) is 10.9. The molecule has 0 heterocycles. The van der Waals surface area contributed by atoms with Gasteiger partial charge in [-0.25, -0.2) is 0 Å². The Bertz CT molecular complexity index is 454. The Morgan fingerprint density at radius 3 is 2.33 bits per heavy atom. The highest BCUT2D eigenvalue weighted by Gasteiger charge is 2.25. The molecule has 0 aliphatic carbocycles. The summed E-state index contributed by atoms with van der Waals surface area (Å²) in [6.45, 7) is 4.58. The van der Waals surface area contributed by atoms with Crippen molar-refractivity contribution in [1.82, 2.24) is 5.32 Å². The predicted octanol–water partition coefficient (Wildman–Crippen LogP) is 0.359. The first-order valence-corrected chi connectivity index (χ1v) is 5.74. The Balaban J connectivity index is 3.01. The Morgan fingerprint density at radius 2 is 1.83 bits per heavy atom. The van der Waals surface area contributed by atoms with Crippen LogP contribution in [0.3, 0.4) is 0 Å². The van der Waals surface area contributed by atoms with E-state index >= 15 is 0 Å². The predicted molar refractivity (Wildman–Crippen MR) is 70.4 cm³/mol. The largest absolute Gasteiger partial charge is 0.398 e. The molecule has 0 saturated carbocycles. The quantitative estimate of drug-likeness (QED) is 0.582. The second-order valence-electron chi connectivity index (χ2n) is 4.85. The van der Waals surface area contributed by atoms with Gasteiger partial charge in [-0.2, -0.15) is 0 Å². The van der Waals surface area contributed by atoms with Crippen LogP contribution in [0.1, 0.15) is 28.4 Å². The topological polar surface area (TPSA) is 95.6 Å². The van der Waals surface area contributed by atoms with Crippen molar-refractivity contribution in [3.05, 3.63) is 28.8 Å². The number of nitrogens with two attached hydrogens (primary N) is 1. The standard InChI is InChI=1S/C13H20N2O3/c1-8-4-9(2)11(14)5-10(8)12(18)15-13(3,6-16)7-17/h4-5,16-17H,6-7,14H2,1-3H3,(H,15,18). The number of carbonyl (C=O) groups is 1. The molecule has 0 fully saturated rings. The van der Waals surface area contributed by atoms with E-state index in [0.717, 1.165) is 11.1 Å². The number of aliphatic hydroxyl groups excluding tert-OH is 2. The number of aryl methyl sites for hydroxylation is 2. The molecule has 0 aliphatic rings. The van der Waals surface area contributed by atoms with Gasteiger partial charge in [0.1, 0.15) is 0 Å². The number of nitrogen functional groups attached to an aromatic ring is 1. The van der Waals surface area contributed by atoms with Crippen LogP contribution in [0.25, 0.3) is 0 Å². The van der Waals surface area contributed by atoms with Crippen LogP contribution in [0.4, 0.5) is 5.69 Å². The number of carbonyl (C=O) groups excluding carboxylic acids is 1. The molecule has 5 nitrogen and oxygen atoms in total. The van der Waals surface area contributed by atoms with Gasteiger partial charge in [0.05, 0.1) is 18.8 Å².